The highest BCUT2D eigenvalue weighted by Gasteiger charge is 2.22. The van der Waals surface area contributed by atoms with Gasteiger partial charge in [0.15, 0.2) is 11.6 Å². The normalized spacial score (nSPS) is 11.2. The van der Waals surface area contributed by atoms with E-state index in [1.807, 2.05) is 4.72 Å². The Labute approximate surface area is 128 Å². The van der Waals surface area contributed by atoms with Gasteiger partial charge in [-0.3, -0.25) is 10.6 Å². The Morgan fingerprint density at radius 2 is 1.67 bits per heavy atom. The van der Waals surface area contributed by atoms with Crippen LogP contribution in [-0.4, -0.2) is 8.42 Å². The van der Waals surface area contributed by atoms with Crippen molar-refractivity contribution in [1.82, 2.24) is 0 Å². The molecule has 0 aliphatic heterocycles. The summed E-state index contributed by atoms with van der Waals surface area (Å²) in [6.45, 7) is 0. The monoisotopic (exact) mass is 377 g/mol. The van der Waals surface area contributed by atoms with Gasteiger partial charge in [0, 0.05) is 4.47 Å². The lowest BCUT2D eigenvalue weighted by Crippen LogP contribution is -2.18. The maximum absolute atomic E-state index is 13.7. The molecular formula is C12H10BrF2N3O2S. The van der Waals surface area contributed by atoms with Crippen molar-refractivity contribution < 1.29 is 17.2 Å². The molecule has 0 bridgehead atoms. The summed E-state index contributed by atoms with van der Waals surface area (Å²) in [5.41, 5.74) is 1.55. The van der Waals surface area contributed by atoms with Crippen LogP contribution >= 0.6 is 15.9 Å². The number of hydrazine groups is 1. The van der Waals surface area contributed by atoms with Crippen molar-refractivity contribution in [3.63, 3.8) is 0 Å². The van der Waals surface area contributed by atoms with E-state index >= 15 is 0 Å². The zero-order valence-electron chi connectivity index (χ0n) is 10.4. The molecule has 0 aliphatic carbocycles. The predicted octanol–water partition coefficient (Wildman–Crippen LogP) is 2.81. The minimum absolute atomic E-state index is 0.0999. The smallest absolute Gasteiger partial charge is 0.264 e. The van der Waals surface area contributed by atoms with Crippen molar-refractivity contribution in [1.29, 1.82) is 0 Å². The third kappa shape index (κ3) is 3.31. The molecule has 0 heterocycles. The van der Waals surface area contributed by atoms with Gasteiger partial charge in [-0.2, -0.15) is 0 Å². The maximum atomic E-state index is 13.7. The second-order valence-corrected chi connectivity index (χ2v) is 6.56. The minimum Gasteiger partial charge on any atom is -0.323 e. The predicted molar refractivity (Wildman–Crippen MR) is 79.1 cm³/mol. The standard InChI is InChI=1S/C12H10BrF2N3O2S/c13-7-5-8(14)12(9(15)6-7)18-21(19,20)11-4-2-1-3-10(11)17-16/h1-6,17-18H,16H2. The molecule has 2 aromatic carbocycles. The van der Waals surface area contributed by atoms with Gasteiger partial charge >= 0.3 is 0 Å². The SMILES string of the molecule is NNc1ccccc1S(=O)(=O)Nc1c(F)cc(Br)cc1F. The van der Waals surface area contributed by atoms with E-state index in [-0.39, 0.29) is 15.1 Å². The summed E-state index contributed by atoms with van der Waals surface area (Å²) >= 11 is 2.91. The second kappa shape index (κ2) is 5.96. The number of nitrogen functional groups attached to an aromatic ring is 1. The summed E-state index contributed by atoms with van der Waals surface area (Å²) in [5.74, 6) is 3.15. The molecular weight excluding hydrogens is 368 g/mol. The quantitative estimate of drug-likeness (QED) is 0.564. The molecule has 112 valence electrons. The molecule has 4 N–H and O–H groups in total. The first-order valence-electron chi connectivity index (χ1n) is 5.58. The van der Waals surface area contributed by atoms with Gasteiger partial charge in [0.2, 0.25) is 0 Å². The van der Waals surface area contributed by atoms with Gasteiger partial charge in [0.25, 0.3) is 10.0 Å². The van der Waals surface area contributed by atoms with Gasteiger partial charge < -0.3 is 5.43 Å². The molecule has 2 rings (SSSR count). The summed E-state index contributed by atoms with van der Waals surface area (Å²) in [7, 11) is -4.20. The fourth-order valence-electron chi connectivity index (χ4n) is 1.65. The molecule has 0 spiro atoms. The molecule has 0 amide bonds. The molecule has 0 fully saturated rings. The van der Waals surface area contributed by atoms with E-state index in [0.717, 1.165) is 12.1 Å². The first-order chi connectivity index (χ1) is 9.85. The van der Waals surface area contributed by atoms with E-state index in [2.05, 4.69) is 21.4 Å². The average molecular weight is 378 g/mol. The number of hydrogen-bond acceptors (Lipinski definition) is 4. The molecule has 5 nitrogen and oxygen atoms in total. The number of sulfonamides is 1. The summed E-state index contributed by atoms with van der Waals surface area (Å²) in [4.78, 5) is -0.228. The second-order valence-electron chi connectivity index (χ2n) is 3.99. The lowest BCUT2D eigenvalue weighted by atomic mass is 10.3. The molecule has 0 aliphatic rings. The Morgan fingerprint density at radius 3 is 2.24 bits per heavy atom. The van der Waals surface area contributed by atoms with Gasteiger partial charge in [0.1, 0.15) is 10.6 Å². The van der Waals surface area contributed by atoms with Crippen LogP contribution < -0.4 is 16.0 Å². The minimum atomic E-state index is -4.20. The van der Waals surface area contributed by atoms with Crippen LogP contribution in [0.15, 0.2) is 45.8 Å². The number of benzene rings is 2. The van der Waals surface area contributed by atoms with Crippen LogP contribution in [0.4, 0.5) is 20.2 Å². The zero-order valence-corrected chi connectivity index (χ0v) is 12.8. The van der Waals surface area contributed by atoms with Crippen molar-refractivity contribution in [3.05, 3.63) is 52.5 Å². The van der Waals surface area contributed by atoms with E-state index in [4.69, 9.17) is 5.84 Å². The van der Waals surface area contributed by atoms with E-state index in [1.165, 1.54) is 18.2 Å². The van der Waals surface area contributed by atoms with Gasteiger partial charge in [-0.1, -0.05) is 28.1 Å². The van der Waals surface area contributed by atoms with Gasteiger partial charge in [-0.25, -0.2) is 17.2 Å². The highest BCUT2D eigenvalue weighted by atomic mass is 79.9. The molecule has 0 aromatic heterocycles. The van der Waals surface area contributed by atoms with Gasteiger partial charge in [-0.15, -0.1) is 0 Å². The van der Waals surface area contributed by atoms with Crippen LogP contribution in [0.25, 0.3) is 0 Å². The molecule has 0 saturated carbocycles. The van der Waals surface area contributed by atoms with Crippen molar-refractivity contribution in [2.75, 3.05) is 10.1 Å². The Balaban J connectivity index is 2.48. The number of nitrogens with two attached hydrogens (primary N) is 1. The Kier molecular flexibility index (Phi) is 4.45. The number of para-hydroxylation sites is 1. The topological polar surface area (TPSA) is 84.2 Å². The largest absolute Gasteiger partial charge is 0.323 e. The molecule has 0 atom stereocenters. The van der Waals surface area contributed by atoms with Crippen LogP contribution in [0, 0.1) is 11.6 Å². The highest BCUT2D eigenvalue weighted by molar-refractivity contribution is 9.10. The summed E-state index contributed by atoms with van der Waals surface area (Å²) in [6.07, 6.45) is 0. The zero-order chi connectivity index (χ0) is 15.6. The molecule has 2 aromatic rings. The van der Waals surface area contributed by atoms with Crippen molar-refractivity contribution in [2.45, 2.75) is 4.90 Å². The van der Waals surface area contributed by atoms with Crippen molar-refractivity contribution >= 4 is 37.3 Å². The van der Waals surface area contributed by atoms with E-state index in [0.29, 0.717) is 0 Å². The molecule has 0 unspecified atom stereocenters. The van der Waals surface area contributed by atoms with E-state index < -0.39 is 27.3 Å². The summed E-state index contributed by atoms with van der Waals surface area (Å²) < 4.78 is 53.9. The lowest BCUT2D eigenvalue weighted by molar-refractivity contribution is 0.582. The fraction of sp³-hybridized carbons (Fsp3) is 0. The number of nitrogens with one attached hydrogen (secondary N) is 2. The highest BCUT2D eigenvalue weighted by Crippen LogP contribution is 2.28. The third-order valence-corrected chi connectivity index (χ3v) is 4.44. The van der Waals surface area contributed by atoms with E-state index in [9.17, 15) is 17.2 Å². The van der Waals surface area contributed by atoms with Crippen LogP contribution in [0.5, 0.6) is 0 Å². The number of rotatable bonds is 4. The first-order valence-corrected chi connectivity index (χ1v) is 7.86. The number of hydrogen-bond donors (Lipinski definition) is 3. The third-order valence-electron chi connectivity index (χ3n) is 2.58. The maximum Gasteiger partial charge on any atom is 0.264 e. The van der Waals surface area contributed by atoms with Gasteiger partial charge in [0.05, 0.1) is 5.69 Å². The Hall–Kier alpha value is -1.71. The van der Waals surface area contributed by atoms with Crippen LogP contribution in [0.1, 0.15) is 0 Å². The number of anilines is 2. The molecule has 0 radical (unpaired) electrons. The lowest BCUT2D eigenvalue weighted by Gasteiger charge is -2.13. The van der Waals surface area contributed by atoms with Crippen LogP contribution in [0.3, 0.4) is 0 Å². The molecule has 9 heteroatoms. The fourth-order valence-corrected chi connectivity index (χ4v) is 3.30. The van der Waals surface area contributed by atoms with Crippen molar-refractivity contribution in [2.24, 2.45) is 5.84 Å². The Bertz CT molecular complexity index is 761. The summed E-state index contributed by atoms with van der Waals surface area (Å²) in [5, 5.41) is 0. The van der Waals surface area contributed by atoms with E-state index in [1.54, 1.807) is 6.07 Å². The van der Waals surface area contributed by atoms with Crippen molar-refractivity contribution in [3.8, 4) is 0 Å². The average Bonchev–Trinajstić information content (AvgIpc) is 2.43. The van der Waals surface area contributed by atoms with Crippen LogP contribution in [-0.2, 0) is 10.0 Å². The van der Waals surface area contributed by atoms with Crippen LogP contribution in [0.2, 0.25) is 0 Å². The Morgan fingerprint density at radius 1 is 1.10 bits per heavy atom. The van der Waals surface area contributed by atoms with Gasteiger partial charge in [-0.05, 0) is 24.3 Å². The first kappa shape index (κ1) is 15.7. The molecule has 21 heavy (non-hydrogen) atoms. The number of halogens is 3. The molecule has 0 saturated heterocycles. The summed E-state index contributed by atoms with van der Waals surface area (Å²) in [6, 6.07) is 7.61.